The molecule has 0 fully saturated rings. The van der Waals surface area contributed by atoms with E-state index in [1.807, 2.05) is 30.5 Å². The SMILES string of the molecule is CSc1ccc([C@H](O)Cc2ccc([N+](=O)[O-])cc2)cc1. The number of thioether (sulfide) groups is 1. The number of benzene rings is 2. The van der Waals surface area contributed by atoms with Gasteiger partial charge in [0.15, 0.2) is 0 Å². The van der Waals surface area contributed by atoms with Crippen LogP contribution in [0.15, 0.2) is 53.4 Å². The second kappa shape index (κ2) is 6.54. The molecule has 2 aromatic carbocycles. The molecule has 0 saturated heterocycles. The zero-order chi connectivity index (χ0) is 14.5. The molecule has 0 bridgehead atoms. The minimum atomic E-state index is -0.604. The highest BCUT2D eigenvalue weighted by Gasteiger charge is 2.10. The molecule has 1 N–H and O–H groups in total. The Bertz CT molecular complexity index is 581. The Morgan fingerprint density at radius 2 is 1.75 bits per heavy atom. The predicted octanol–water partition coefficient (Wildman–Crippen LogP) is 3.59. The minimum Gasteiger partial charge on any atom is -0.388 e. The summed E-state index contributed by atoms with van der Waals surface area (Å²) in [7, 11) is 0. The van der Waals surface area contributed by atoms with E-state index in [2.05, 4.69) is 0 Å². The van der Waals surface area contributed by atoms with Crippen molar-refractivity contribution in [2.45, 2.75) is 17.4 Å². The number of hydrogen-bond acceptors (Lipinski definition) is 4. The summed E-state index contributed by atoms with van der Waals surface area (Å²) in [4.78, 5) is 11.3. The van der Waals surface area contributed by atoms with Crippen molar-refractivity contribution in [1.82, 2.24) is 0 Å². The molecule has 104 valence electrons. The number of aliphatic hydroxyl groups excluding tert-OH is 1. The summed E-state index contributed by atoms with van der Waals surface area (Å²) in [5.74, 6) is 0. The first-order valence-corrected chi connectivity index (χ1v) is 7.38. The monoisotopic (exact) mass is 289 g/mol. The maximum Gasteiger partial charge on any atom is 0.269 e. The van der Waals surface area contributed by atoms with Crippen LogP contribution in [-0.2, 0) is 6.42 Å². The van der Waals surface area contributed by atoms with Gasteiger partial charge in [-0.25, -0.2) is 0 Å². The topological polar surface area (TPSA) is 63.4 Å². The zero-order valence-corrected chi connectivity index (χ0v) is 11.8. The maximum atomic E-state index is 10.6. The highest BCUT2D eigenvalue weighted by molar-refractivity contribution is 7.98. The lowest BCUT2D eigenvalue weighted by molar-refractivity contribution is -0.384. The molecule has 2 aromatic rings. The van der Waals surface area contributed by atoms with Crippen molar-refractivity contribution < 1.29 is 10.0 Å². The summed E-state index contributed by atoms with van der Waals surface area (Å²) in [6.07, 6.45) is 1.84. The summed E-state index contributed by atoms with van der Waals surface area (Å²) in [5.41, 5.74) is 1.78. The van der Waals surface area contributed by atoms with Crippen LogP contribution in [0, 0.1) is 10.1 Å². The van der Waals surface area contributed by atoms with Gasteiger partial charge < -0.3 is 5.11 Å². The van der Waals surface area contributed by atoms with E-state index < -0.39 is 11.0 Å². The van der Waals surface area contributed by atoms with Crippen LogP contribution in [-0.4, -0.2) is 16.3 Å². The Morgan fingerprint density at radius 1 is 1.15 bits per heavy atom. The van der Waals surface area contributed by atoms with Crippen LogP contribution < -0.4 is 0 Å². The van der Waals surface area contributed by atoms with Crippen molar-refractivity contribution in [3.63, 3.8) is 0 Å². The summed E-state index contributed by atoms with van der Waals surface area (Å²) < 4.78 is 0. The van der Waals surface area contributed by atoms with Gasteiger partial charge in [0.25, 0.3) is 5.69 Å². The maximum absolute atomic E-state index is 10.6. The third-order valence-corrected chi connectivity index (χ3v) is 3.82. The van der Waals surface area contributed by atoms with E-state index in [-0.39, 0.29) is 5.69 Å². The number of nitro groups is 1. The first kappa shape index (κ1) is 14.6. The normalized spacial score (nSPS) is 12.1. The third kappa shape index (κ3) is 3.59. The summed E-state index contributed by atoms with van der Waals surface area (Å²) >= 11 is 1.65. The van der Waals surface area contributed by atoms with E-state index in [9.17, 15) is 15.2 Å². The van der Waals surface area contributed by atoms with Crippen LogP contribution >= 0.6 is 11.8 Å². The molecule has 1 atom stereocenters. The molecule has 20 heavy (non-hydrogen) atoms. The van der Waals surface area contributed by atoms with Gasteiger partial charge in [0, 0.05) is 23.4 Å². The Labute approximate surface area is 121 Å². The average molecular weight is 289 g/mol. The van der Waals surface area contributed by atoms with E-state index in [0.29, 0.717) is 6.42 Å². The van der Waals surface area contributed by atoms with Crippen LogP contribution in [0.4, 0.5) is 5.69 Å². The fraction of sp³-hybridized carbons (Fsp3) is 0.200. The Kier molecular flexibility index (Phi) is 4.76. The van der Waals surface area contributed by atoms with Crippen LogP contribution in [0.25, 0.3) is 0 Å². The van der Waals surface area contributed by atoms with Crippen LogP contribution in [0.1, 0.15) is 17.2 Å². The van der Waals surface area contributed by atoms with E-state index in [4.69, 9.17) is 0 Å². The van der Waals surface area contributed by atoms with Crippen molar-refractivity contribution >= 4 is 17.4 Å². The van der Waals surface area contributed by atoms with Crippen molar-refractivity contribution in [2.75, 3.05) is 6.26 Å². The summed E-state index contributed by atoms with van der Waals surface area (Å²) in [5, 5.41) is 20.7. The molecule has 0 aliphatic carbocycles. The van der Waals surface area contributed by atoms with Gasteiger partial charge in [-0.2, -0.15) is 0 Å². The quantitative estimate of drug-likeness (QED) is 0.519. The lowest BCUT2D eigenvalue weighted by Crippen LogP contribution is -2.01. The molecular formula is C15H15NO3S. The van der Waals surface area contributed by atoms with Gasteiger partial charge >= 0.3 is 0 Å². The van der Waals surface area contributed by atoms with Crippen molar-refractivity contribution in [2.24, 2.45) is 0 Å². The number of nitro benzene ring substituents is 1. The zero-order valence-electron chi connectivity index (χ0n) is 11.0. The number of non-ortho nitro benzene ring substituents is 1. The van der Waals surface area contributed by atoms with Gasteiger partial charge in [-0.15, -0.1) is 11.8 Å². The third-order valence-electron chi connectivity index (χ3n) is 3.08. The molecule has 2 rings (SSSR count). The molecule has 5 heteroatoms. The molecule has 4 nitrogen and oxygen atoms in total. The summed E-state index contributed by atoms with van der Waals surface area (Å²) in [6, 6.07) is 14.0. The molecule has 0 heterocycles. The van der Waals surface area contributed by atoms with Gasteiger partial charge in [0.05, 0.1) is 11.0 Å². The van der Waals surface area contributed by atoms with Crippen LogP contribution in [0.5, 0.6) is 0 Å². The first-order valence-electron chi connectivity index (χ1n) is 6.15. The standard InChI is InChI=1S/C15H15NO3S/c1-20-14-8-4-12(5-9-14)15(17)10-11-2-6-13(7-3-11)16(18)19/h2-9,15,17H,10H2,1H3/t15-/m1/s1. The van der Waals surface area contributed by atoms with Crippen LogP contribution in [0.2, 0.25) is 0 Å². The molecule has 0 spiro atoms. The van der Waals surface area contributed by atoms with E-state index in [1.165, 1.54) is 12.1 Å². The minimum absolute atomic E-state index is 0.0626. The fourth-order valence-electron chi connectivity index (χ4n) is 1.92. The van der Waals surface area contributed by atoms with E-state index in [0.717, 1.165) is 16.0 Å². The Morgan fingerprint density at radius 3 is 2.25 bits per heavy atom. The van der Waals surface area contributed by atoms with Gasteiger partial charge in [-0.05, 0) is 29.5 Å². The lowest BCUT2D eigenvalue weighted by atomic mass is 10.0. The van der Waals surface area contributed by atoms with Crippen molar-refractivity contribution in [3.8, 4) is 0 Å². The number of nitrogens with zero attached hydrogens (tertiary/aromatic N) is 1. The predicted molar refractivity (Wildman–Crippen MR) is 80.0 cm³/mol. The van der Waals surface area contributed by atoms with Gasteiger partial charge in [-0.3, -0.25) is 10.1 Å². The molecule has 0 saturated carbocycles. The molecule has 0 amide bonds. The largest absolute Gasteiger partial charge is 0.388 e. The van der Waals surface area contributed by atoms with E-state index >= 15 is 0 Å². The van der Waals surface area contributed by atoms with E-state index in [1.54, 1.807) is 23.9 Å². The Hall–Kier alpha value is -1.85. The smallest absolute Gasteiger partial charge is 0.269 e. The average Bonchev–Trinajstić information content (AvgIpc) is 2.48. The number of hydrogen-bond donors (Lipinski definition) is 1. The van der Waals surface area contributed by atoms with Gasteiger partial charge in [0.1, 0.15) is 0 Å². The molecule has 0 aliphatic rings. The fourth-order valence-corrected chi connectivity index (χ4v) is 2.33. The second-order valence-corrected chi connectivity index (χ2v) is 5.30. The summed E-state index contributed by atoms with van der Waals surface area (Å²) in [6.45, 7) is 0. The molecular weight excluding hydrogens is 274 g/mol. The lowest BCUT2D eigenvalue weighted by Gasteiger charge is -2.11. The highest BCUT2D eigenvalue weighted by atomic mass is 32.2. The molecule has 0 unspecified atom stereocenters. The van der Waals surface area contributed by atoms with Gasteiger partial charge in [-0.1, -0.05) is 24.3 Å². The highest BCUT2D eigenvalue weighted by Crippen LogP contribution is 2.22. The molecule has 0 radical (unpaired) electrons. The molecule has 0 aliphatic heterocycles. The first-order chi connectivity index (χ1) is 9.60. The van der Waals surface area contributed by atoms with Crippen LogP contribution in [0.3, 0.4) is 0 Å². The van der Waals surface area contributed by atoms with Gasteiger partial charge in [0.2, 0.25) is 0 Å². The van der Waals surface area contributed by atoms with Crippen molar-refractivity contribution in [1.29, 1.82) is 0 Å². The Balaban J connectivity index is 2.06. The molecule has 0 aromatic heterocycles. The van der Waals surface area contributed by atoms with Crippen molar-refractivity contribution in [3.05, 3.63) is 69.8 Å². The second-order valence-electron chi connectivity index (χ2n) is 4.42. The number of rotatable bonds is 5. The number of aliphatic hydroxyl groups is 1.